The molecule has 3 nitrogen and oxygen atoms in total. The Morgan fingerprint density at radius 2 is 1.44 bits per heavy atom. The Bertz CT molecular complexity index is 975. The van der Waals surface area contributed by atoms with Crippen LogP contribution in [-0.4, -0.2) is 16.1 Å². The second-order valence-corrected chi connectivity index (χ2v) is 8.67. The van der Waals surface area contributed by atoms with Gasteiger partial charge in [0.1, 0.15) is 0 Å². The molecule has 0 spiro atoms. The third kappa shape index (κ3) is 3.89. The molecule has 3 aromatic carbocycles. The monoisotopic (exact) mass is 390 g/mol. The molecule has 1 aromatic heterocycles. The normalized spacial score (nSPS) is 12.0. The van der Waals surface area contributed by atoms with Crippen LogP contribution in [0.1, 0.15) is 6.92 Å². The van der Waals surface area contributed by atoms with Crippen LogP contribution in [-0.2, 0) is 4.79 Å². The van der Waals surface area contributed by atoms with Crippen LogP contribution in [0.2, 0.25) is 0 Å². The highest BCUT2D eigenvalue weighted by atomic mass is 32.2. The highest BCUT2D eigenvalue weighted by Crippen LogP contribution is 2.34. The average Bonchev–Trinajstić information content (AvgIpc) is 3.12. The average molecular weight is 391 g/mol. The summed E-state index contributed by atoms with van der Waals surface area (Å²) in [6.07, 6.45) is 0. The fourth-order valence-corrected chi connectivity index (χ4v) is 5.09. The van der Waals surface area contributed by atoms with Crippen molar-refractivity contribution in [3.8, 4) is 0 Å². The number of thiazole rings is 1. The zero-order valence-corrected chi connectivity index (χ0v) is 16.4. The molecule has 1 amide bonds. The Hall–Kier alpha value is -2.63. The van der Waals surface area contributed by atoms with Gasteiger partial charge in [0.05, 0.1) is 15.5 Å². The number of amides is 1. The number of hydrogen-bond donors (Lipinski definition) is 0. The second-order valence-electron chi connectivity index (χ2n) is 6.05. The molecule has 0 saturated heterocycles. The quantitative estimate of drug-likeness (QED) is 0.384. The predicted molar refractivity (Wildman–Crippen MR) is 115 cm³/mol. The summed E-state index contributed by atoms with van der Waals surface area (Å²) in [7, 11) is 0. The van der Waals surface area contributed by atoms with Crippen LogP contribution in [0, 0.1) is 0 Å². The van der Waals surface area contributed by atoms with Crippen molar-refractivity contribution < 1.29 is 4.79 Å². The fourth-order valence-electron chi connectivity index (χ4n) is 2.84. The van der Waals surface area contributed by atoms with Crippen LogP contribution in [0.15, 0.2) is 89.3 Å². The number of aromatic nitrogens is 1. The molecule has 0 saturated carbocycles. The van der Waals surface area contributed by atoms with Gasteiger partial charge >= 0.3 is 0 Å². The van der Waals surface area contributed by atoms with Crippen LogP contribution in [0.25, 0.3) is 10.2 Å². The van der Waals surface area contributed by atoms with Crippen LogP contribution in [0.4, 0.5) is 11.4 Å². The molecule has 0 fully saturated rings. The Labute approximate surface area is 166 Å². The van der Waals surface area contributed by atoms with Gasteiger partial charge in [-0.3, -0.25) is 9.69 Å². The van der Waals surface area contributed by atoms with Gasteiger partial charge in [0, 0.05) is 11.4 Å². The van der Waals surface area contributed by atoms with Gasteiger partial charge in [-0.2, -0.15) is 0 Å². The molecule has 0 aliphatic rings. The molecule has 0 bridgehead atoms. The summed E-state index contributed by atoms with van der Waals surface area (Å²) in [5, 5.41) is -0.258. The first-order valence-corrected chi connectivity index (χ1v) is 10.4. The molecule has 27 heavy (non-hydrogen) atoms. The van der Waals surface area contributed by atoms with Crippen LogP contribution in [0.5, 0.6) is 0 Å². The molecule has 1 atom stereocenters. The zero-order valence-electron chi connectivity index (χ0n) is 14.8. The van der Waals surface area contributed by atoms with E-state index in [1.807, 2.05) is 85.8 Å². The Morgan fingerprint density at radius 3 is 2.04 bits per heavy atom. The third-order valence-corrected chi connectivity index (χ3v) is 6.37. The van der Waals surface area contributed by atoms with Crippen LogP contribution in [0.3, 0.4) is 0 Å². The number of rotatable bonds is 5. The summed E-state index contributed by atoms with van der Waals surface area (Å²) < 4.78 is 2.06. The lowest BCUT2D eigenvalue weighted by Gasteiger charge is -2.25. The van der Waals surface area contributed by atoms with Crippen molar-refractivity contribution in [1.29, 1.82) is 0 Å². The topological polar surface area (TPSA) is 33.2 Å². The van der Waals surface area contributed by atoms with E-state index in [1.54, 1.807) is 16.2 Å². The SMILES string of the molecule is CC(Sc1nc2ccccc2s1)C(=O)N(c1ccccc1)c1ccccc1. The Balaban J connectivity index is 1.62. The molecule has 1 heterocycles. The number of benzene rings is 3. The number of hydrogen-bond acceptors (Lipinski definition) is 4. The van der Waals surface area contributed by atoms with E-state index >= 15 is 0 Å². The number of nitrogens with zero attached hydrogens (tertiary/aromatic N) is 2. The highest BCUT2D eigenvalue weighted by Gasteiger charge is 2.25. The van der Waals surface area contributed by atoms with Gasteiger partial charge < -0.3 is 0 Å². The lowest BCUT2D eigenvalue weighted by molar-refractivity contribution is -0.117. The van der Waals surface area contributed by atoms with Gasteiger partial charge in [0.25, 0.3) is 0 Å². The summed E-state index contributed by atoms with van der Waals surface area (Å²) in [4.78, 5) is 19.8. The number of para-hydroxylation sites is 3. The summed E-state index contributed by atoms with van der Waals surface area (Å²) >= 11 is 3.14. The molecule has 0 aliphatic carbocycles. The molecule has 0 N–H and O–H groups in total. The lowest BCUT2D eigenvalue weighted by atomic mass is 10.2. The maximum absolute atomic E-state index is 13.3. The molecule has 0 radical (unpaired) electrons. The van der Waals surface area contributed by atoms with Crippen molar-refractivity contribution >= 4 is 50.6 Å². The molecule has 0 aliphatic heterocycles. The standard InChI is InChI=1S/C22H18N2OS2/c1-16(26-22-23-19-14-8-9-15-20(19)27-22)21(25)24(17-10-4-2-5-11-17)18-12-6-3-7-13-18/h2-16H,1H3. The van der Waals surface area contributed by atoms with E-state index in [9.17, 15) is 4.79 Å². The molecule has 4 rings (SSSR count). The van der Waals surface area contributed by atoms with E-state index in [-0.39, 0.29) is 11.2 Å². The molecule has 4 aromatic rings. The van der Waals surface area contributed by atoms with Gasteiger partial charge in [-0.15, -0.1) is 11.3 Å². The van der Waals surface area contributed by atoms with E-state index in [1.165, 1.54) is 11.8 Å². The van der Waals surface area contributed by atoms with E-state index in [0.717, 1.165) is 25.9 Å². The molecule has 1 unspecified atom stereocenters. The molecule has 134 valence electrons. The van der Waals surface area contributed by atoms with Crippen LogP contribution < -0.4 is 4.90 Å². The van der Waals surface area contributed by atoms with Crippen molar-refractivity contribution in [1.82, 2.24) is 4.98 Å². The van der Waals surface area contributed by atoms with Crippen molar-refractivity contribution in [3.05, 3.63) is 84.9 Å². The number of carbonyl (C=O) groups excluding carboxylic acids is 1. The molecule has 5 heteroatoms. The first kappa shape index (κ1) is 17.8. The van der Waals surface area contributed by atoms with Gasteiger partial charge in [-0.25, -0.2) is 4.98 Å². The first-order valence-electron chi connectivity index (χ1n) is 8.68. The van der Waals surface area contributed by atoms with Crippen LogP contribution >= 0.6 is 23.1 Å². The lowest BCUT2D eigenvalue weighted by Crippen LogP contribution is -2.32. The smallest absolute Gasteiger partial charge is 0.244 e. The number of thioether (sulfide) groups is 1. The summed E-state index contributed by atoms with van der Waals surface area (Å²) in [6, 6.07) is 27.6. The summed E-state index contributed by atoms with van der Waals surface area (Å²) in [6.45, 7) is 1.94. The molecular formula is C22H18N2OS2. The fraction of sp³-hybridized carbons (Fsp3) is 0.0909. The maximum Gasteiger partial charge on any atom is 0.244 e. The van der Waals surface area contributed by atoms with E-state index in [4.69, 9.17) is 0 Å². The molecular weight excluding hydrogens is 372 g/mol. The van der Waals surface area contributed by atoms with E-state index in [0.29, 0.717) is 0 Å². The van der Waals surface area contributed by atoms with Gasteiger partial charge in [-0.05, 0) is 43.3 Å². The zero-order chi connectivity index (χ0) is 18.6. The van der Waals surface area contributed by atoms with E-state index < -0.39 is 0 Å². The highest BCUT2D eigenvalue weighted by molar-refractivity contribution is 8.02. The van der Waals surface area contributed by atoms with Crippen molar-refractivity contribution in [3.63, 3.8) is 0 Å². The van der Waals surface area contributed by atoms with Crippen molar-refractivity contribution in [2.45, 2.75) is 16.5 Å². The summed E-state index contributed by atoms with van der Waals surface area (Å²) in [5.74, 6) is 0.0386. The maximum atomic E-state index is 13.3. The number of anilines is 2. The van der Waals surface area contributed by atoms with Gasteiger partial charge in [0.15, 0.2) is 4.34 Å². The second kappa shape index (κ2) is 7.94. The number of fused-ring (bicyclic) bond motifs is 1. The van der Waals surface area contributed by atoms with Gasteiger partial charge in [-0.1, -0.05) is 60.3 Å². The minimum absolute atomic E-state index is 0.0386. The largest absolute Gasteiger partial charge is 0.280 e. The van der Waals surface area contributed by atoms with E-state index in [2.05, 4.69) is 11.1 Å². The number of carbonyl (C=O) groups is 1. The first-order chi connectivity index (χ1) is 13.2. The minimum atomic E-state index is -0.258. The van der Waals surface area contributed by atoms with Crippen molar-refractivity contribution in [2.75, 3.05) is 4.90 Å². The third-order valence-electron chi connectivity index (χ3n) is 4.15. The Morgan fingerprint density at radius 1 is 0.889 bits per heavy atom. The van der Waals surface area contributed by atoms with Gasteiger partial charge in [0.2, 0.25) is 5.91 Å². The Kier molecular flexibility index (Phi) is 5.23. The summed E-state index contributed by atoms with van der Waals surface area (Å²) in [5.41, 5.74) is 2.71. The predicted octanol–water partition coefficient (Wildman–Crippen LogP) is 6.14. The van der Waals surface area contributed by atoms with Crippen molar-refractivity contribution in [2.24, 2.45) is 0 Å². The minimum Gasteiger partial charge on any atom is -0.280 e.